The number of anilines is 1. The van der Waals surface area contributed by atoms with Gasteiger partial charge in [0.15, 0.2) is 0 Å². The minimum Gasteiger partial charge on any atom is -0.384 e. The van der Waals surface area contributed by atoms with Gasteiger partial charge in [0.2, 0.25) is 0 Å². The van der Waals surface area contributed by atoms with E-state index in [2.05, 4.69) is 24.9 Å². The maximum absolute atomic E-state index is 8.75. The van der Waals surface area contributed by atoms with Gasteiger partial charge in [-0.3, -0.25) is 0 Å². The van der Waals surface area contributed by atoms with Crippen LogP contribution in [0.4, 0.5) is 5.82 Å². The molecule has 0 aliphatic heterocycles. The summed E-state index contributed by atoms with van der Waals surface area (Å²) in [6, 6.07) is 2.09. The third-order valence-electron chi connectivity index (χ3n) is 1.73. The Hall–Kier alpha value is -1.43. The largest absolute Gasteiger partial charge is 0.384 e. The second-order valence-electron chi connectivity index (χ2n) is 3.31. The van der Waals surface area contributed by atoms with Crippen LogP contribution < -0.4 is 5.73 Å². The number of aromatic amines is 1. The summed E-state index contributed by atoms with van der Waals surface area (Å²) in [4.78, 5) is 2.85. The smallest absolute Gasteiger partial charge is 0.119 e. The highest BCUT2D eigenvalue weighted by atomic mass is 14.8. The molecule has 0 bridgehead atoms. The second-order valence-corrected chi connectivity index (χ2v) is 3.31. The van der Waals surface area contributed by atoms with Crippen LogP contribution in [0, 0.1) is 17.2 Å². The standard InChI is InChI=1S/C9H13N3/c1-6(2)3-7-5-12-9(11)8(7)4-10/h5-6,12H,3,11H2,1-2H3. The molecule has 0 fully saturated rings. The number of nitrogens with one attached hydrogen (secondary N) is 1. The first-order chi connectivity index (χ1) is 5.65. The van der Waals surface area contributed by atoms with Gasteiger partial charge >= 0.3 is 0 Å². The third-order valence-corrected chi connectivity index (χ3v) is 1.73. The number of aromatic nitrogens is 1. The van der Waals surface area contributed by atoms with Gasteiger partial charge < -0.3 is 10.7 Å². The van der Waals surface area contributed by atoms with E-state index < -0.39 is 0 Å². The van der Waals surface area contributed by atoms with Crippen LogP contribution in [0.15, 0.2) is 6.20 Å². The molecule has 0 spiro atoms. The van der Waals surface area contributed by atoms with Crippen LogP contribution in [-0.2, 0) is 6.42 Å². The Balaban J connectivity index is 2.94. The summed E-state index contributed by atoms with van der Waals surface area (Å²) in [5.74, 6) is 1.03. The van der Waals surface area contributed by atoms with Gasteiger partial charge in [-0.05, 0) is 17.9 Å². The first kappa shape index (κ1) is 8.66. The third kappa shape index (κ3) is 1.59. The van der Waals surface area contributed by atoms with Gasteiger partial charge in [0.05, 0.1) is 5.56 Å². The van der Waals surface area contributed by atoms with Crippen molar-refractivity contribution in [1.29, 1.82) is 5.26 Å². The first-order valence-electron chi connectivity index (χ1n) is 4.01. The molecule has 1 aromatic heterocycles. The van der Waals surface area contributed by atoms with Gasteiger partial charge in [0, 0.05) is 6.20 Å². The number of nitriles is 1. The van der Waals surface area contributed by atoms with Crippen molar-refractivity contribution >= 4 is 5.82 Å². The van der Waals surface area contributed by atoms with Crippen LogP contribution in [0.5, 0.6) is 0 Å². The lowest BCUT2D eigenvalue weighted by atomic mass is 10.0. The molecule has 12 heavy (non-hydrogen) atoms. The first-order valence-corrected chi connectivity index (χ1v) is 4.01. The molecule has 0 radical (unpaired) electrons. The molecule has 0 aromatic carbocycles. The van der Waals surface area contributed by atoms with Crippen LogP contribution in [-0.4, -0.2) is 4.98 Å². The van der Waals surface area contributed by atoms with Gasteiger partial charge in [-0.1, -0.05) is 13.8 Å². The Bertz CT molecular complexity index is 304. The quantitative estimate of drug-likeness (QED) is 0.696. The predicted molar refractivity (Wildman–Crippen MR) is 48.5 cm³/mol. The fourth-order valence-corrected chi connectivity index (χ4v) is 1.22. The summed E-state index contributed by atoms with van der Waals surface area (Å²) in [5, 5.41) is 8.75. The number of rotatable bonds is 2. The van der Waals surface area contributed by atoms with E-state index >= 15 is 0 Å². The maximum atomic E-state index is 8.75. The molecule has 1 rings (SSSR count). The van der Waals surface area contributed by atoms with Gasteiger partial charge in [-0.15, -0.1) is 0 Å². The molecule has 0 aliphatic carbocycles. The zero-order valence-corrected chi connectivity index (χ0v) is 7.39. The number of nitrogens with two attached hydrogens (primary N) is 1. The summed E-state index contributed by atoms with van der Waals surface area (Å²) in [6.07, 6.45) is 2.71. The van der Waals surface area contributed by atoms with E-state index in [9.17, 15) is 0 Å². The van der Waals surface area contributed by atoms with Crippen molar-refractivity contribution in [3.63, 3.8) is 0 Å². The summed E-state index contributed by atoms with van der Waals surface area (Å²) < 4.78 is 0. The molecule has 0 atom stereocenters. The van der Waals surface area contributed by atoms with Gasteiger partial charge in [-0.25, -0.2) is 0 Å². The summed E-state index contributed by atoms with van der Waals surface area (Å²) in [5.41, 5.74) is 7.17. The average molecular weight is 163 g/mol. The predicted octanol–water partition coefficient (Wildman–Crippen LogP) is 1.67. The van der Waals surface area contributed by atoms with E-state index in [1.165, 1.54) is 0 Å². The second kappa shape index (κ2) is 3.31. The van der Waals surface area contributed by atoms with Crippen molar-refractivity contribution in [1.82, 2.24) is 4.98 Å². The summed E-state index contributed by atoms with van der Waals surface area (Å²) >= 11 is 0. The highest BCUT2D eigenvalue weighted by molar-refractivity contribution is 5.53. The fraction of sp³-hybridized carbons (Fsp3) is 0.444. The van der Waals surface area contributed by atoms with Crippen LogP contribution in [0.2, 0.25) is 0 Å². The molecular formula is C9H13N3. The van der Waals surface area contributed by atoms with E-state index in [4.69, 9.17) is 11.0 Å². The van der Waals surface area contributed by atoms with E-state index in [0.29, 0.717) is 17.3 Å². The molecule has 1 aromatic rings. The Morgan fingerprint density at radius 2 is 2.33 bits per heavy atom. The van der Waals surface area contributed by atoms with Crippen LogP contribution in [0.3, 0.4) is 0 Å². The van der Waals surface area contributed by atoms with E-state index in [1.807, 2.05) is 6.20 Å². The maximum Gasteiger partial charge on any atom is 0.119 e. The summed E-state index contributed by atoms with van der Waals surface area (Å²) in [7, 11) is 0. The fourth-order valence-electron chi connectivity index (χ4n) is 1.22. The van der Waals surface area contributed by atoms with Crippen molar-refractivity contribution in [2.24, 2.45) is 5.92 Å². The zero-order chi connectivity index (χ0) is 9.14. The molecule has 0 saturated heterocycles. The Morgan fingerprint density at radius 3 is 2.83 bits per heavy atom. The Morgan fingerprint density at radius 1 is 1.67 bits per heavy atom. The molecule has 0 saturated carbocycles. The average Bonchev–Trinajstić information content (AvgIpc) is 2.30. The van der Waals surface area contributed by atoms with Crippen molar-refractivity contribution in [3.05, 3.63) is 17.3 Å². The molecule has 1 heterocycles. The molecular weight excluding hydrogens is 150 g/mol. The highest BCUT2D eigenvalue weighted by Crippen LogP contribution is 2.17. The van der Waals surface area contributed by atoms with Crippen LogP contribution in [0.25, 0.3) is 0 Å². The number of hydrogen-bond acceptors (Lipinski definition) is 2. The number of hydrogen-bond donors (Lipinski definition) is 2. The Labute approximate surface area is 72.2 Å². The molecule has 3 N–H and O–H groups in total. The number of H-pyrrole nitrogens is 1. The minimum atomic E-state index is 0.480. The zero-order valence-electron chi connectivity index (χ0n) is 7.39. The SMILES string of the molecule is CC(C)Cc1c[nH]c(N)c1C#N. The molecule has 0 amide bonds. The lowest BCUT2D eigenvalue weighted by Crippen LogP contribution is -1.95. The molecule has 0 aliphatic rings. The minimum absolute atomic E-state index is 0.480. The van der Waals surface area contributed by atoms with Gasteiger partial charge in [0.1, 0.15) is 11.9 Å². The molecule has 3 nitrogen and oxygen atoms in total. The number of nitrogen functional groups attached to an aromatic ring is 1. The lowest BCUT2D eigenvalue weighted by Gasteiger charge is -2.01. The molecule has 64 valence electrons. The topological polar surface area (TPSA) is 65.6 Å². The number of nitrogens with zero attached hydrogens (tertiary/aromatic N) is 1. The highest BCUT2D eigenvalue weighted by Gasteiger charge is 2.08. The lowest BCUT2D eigenvalue weighted by molar-refractivity contribution is 0.647. The van der Waals surface area contributed by atoms with Crippen LogP contribution >= 0.6 is 0 Å². The van der Waals surface area contributed by atoms with Crippen molar-refractivity contribution in [2.75, 3.05) is 5.73 Å². The van der Waals surface area contributed by atoms with E-state index in [0.717, 1.165) is 12.0 Å². The van der Waals surface area contributed by atoms with E-state index in [1.54, 1.807) is 0 Å². The van der Waals surface area contributed by atoms with Gasteiger partial charge in [0.25, 0.3) is 0 Å². The monoisotopic (exact) mass is 163 g/mol. The molecule has 3 heteroatoms. The van der Waals surface area contributed by atoms with Crippen molar-refractivity contribution in [2.45, 2.75) is 20.3 Å². The summed E-state index contributed by atoms with van der Waals surface area (Å²) in [6.45, 7) is 4.23. The molecule has 0 unspecified atom stereocenters. The van der Waals surface area contributed by atoms with Crippen molar-refractivity contribution < 1.29 is 0 Å². The van der Waals surface area contributed by atoms with Crippen molar-refractivity contribution in [3.8, 4) is 6.07 Å². The Kier molecular flexibility index (Phi) is 2.39. The van der Waals surface area contributed by atoms with E-state index in [-0.39, 0.29) is 0 Å². The van der Waals surface area contributed by atoms with Gasteiger partial charge in [-0.2, -0.15) is 5.26 Å². The van der Waals surface area contributed by atoms with Crippen LogP contribution in [0.1, 0.15) is 25.0 Å². The normalized spacial score (nSPS) is 10.2.